The van der Waals surface area contributed by atoms with Crippen molar-refractivity contribution < 1.29 is 40.8 Å². The Labute approximate surface area is 251 Å². The minimum absolute atomic E-state index is 0.123. The number of alkyl halides is 4. The number of aromatic amines is 1. The second kappa shape index (κ2) is 12.4. The van der Waals surface area contributed by atoms with Crippen molar-refractivity contribution in [1.29, 1.82) is 0 Å². The summed E-state index contributed by atoms with van der Waals surface area (Å²) in [6.07, 6.45) is 0.131. The number of imidazole rings is 1. The van der Waals surface area contributed by atoms with E-state index in [1.807, 2.05) is 0 Å². The van der Waals surface area contributed by atoms with E-state index in [-0.39, 0.29) is 31.2 Å². The number of nitrogens with one attached hydrogen (secondary N) is 3. The fourth-order valence-corrected chi connectivity index (χ4v) is 4.27. The molecule has 11 nitrogen and oxygen atoms in total. The van der Waals surface area contributed by atoms with E-state index in [0.29, 0.717) is 28.1 Å². The first-order chi connectivity index (χ1) is 20.5. The third kappa shape index (κ3) is 6.69. The molecule has 6 rings (SSSR count). The lowest BCUT2D eigenvalue weighted by Gasteiger charge is -2.36. The van der Waals surface area contributed by atoms with Crippen LogP contribution in [0.5, 0.6) is 0 Å². The zero-order valence-corrected chi connectivity index (χ0v) is 24.6. The maximum atomic E-state index is 14.5. The number of carbonyl (C=O) groups excluding carboxylic acids is 2. The molecule has 3 aromatic rings. The van der Waals surface area contributed by atoms with Crippen molar-refractivity contribution in [3.05, 3.63) is 41.0 Å². The highest BCUT2D eigenvalue weighted by molar-refractivity contribution is 6.82. The van der Waals surface area contributed by atoms with Crippen LogP contribution in [0, 0.1) is 6.92 Å². The molecule has 2 radical (unpaired) electrons. The number of halogens is 5. The Hall–Kier alpha value is -3.69. The van der Waals surface area contributed by atoms with Crippen LogP contribution in [0.1, 0.15) is 60.7 Å². The van der Waals surface area contributed by atoms with Gasteiger partial charge in [-0.25, -0.2) is 18.8 Å². The largest absolute Gasteiger partial charge is 0.416 e. The van der Waals surface area contributed by atoms with Gasteiger partial charge in [-0.15, -0.1) is 0 Å². The lowest BCUT2D eigenvalue weighted by molar-refractivity contribution is -0.263. The molecule has 4 heterocycles. The molecule has 3 N–H and O–H groups in total. The van der Waals surface area contributed by atoms with Gasteiger partial charge in [-0.05, 0) is 43.6 Å². The molecule has 2 aromatic heterocycles. The van der Waals surface area contributed by atoms with Crippen LogP contribution in [0.3, 0.4) is 0 Å². The van der Waals surface area contributed by atoms with E-state index in [1.165, 1.54) is 26.3 Å². The van der Waals surface area contributed by atoms with Gasteiger partial charge in [0.2, 0.25) is 0 Å². The second-order valence-corrected chi connectivity index (χ2v) is 11.3. The Kier molecular flexibility index (Phi) is 9.33. The number of benzene rings is 1. The molecule has 236 valence electrons. The van der Waals surface area contributed by atoms with E-state index in [4.69, 9.17) is 12.6 Å². The Bertz CT molecular complexity index is 1500. The molecule has 44 heavy (non-hydrogen) atoms. The fraction of sp³-hybridized carbons (Fsp3) is 0.577. The van der Waals surface area contributed by atoms with Crippen LogP contribution in [0.2, 0.25) is 0 Å². The third-order valence-corrected chi connectivity index (χ3v) is 7.43. The number of urea groups is 1. The van der Waals surface area contributed by atoms with Gasteiger partial charge in [0.05, 0.1) is 29.5 Å². The highest BCUT2D eigenvalue weighted by Gasteiger charge is 2.85. The molecule has 3 amide bonds. The molecule has 0 spiro atoms. The van der Waals surface area contributed by atoms with E-state index in [1.54, 1.807) is 25.1 Å². The topological polar surface area (TPSA) is 138 Å². The van der Waals surface area contributed by atoms with Crippen LogP contribution < -0.4 is 10.6 Å². The number of rotatable bonds is 7. The molecule has 2 unspecified atom stereocenters. The minimum Gasteiger partial charge on any atom is -0.366 e. The van der Waals surface area contributed by atoms with Crippen molar-refractivity contribution in [2.45, 2.75) is 75.7 Å². The van der Waals surface area contributed by atoms with Gasteiger partial charge in [0.25, 0.3) is 5.91 Å². The first-order valence-corrected chi connectivity index (χ1v) is 13.9. The summed E-state index contributed by atoms with van der Waals surface area (Å²) in [5, 5.41) is 9.53. The van der Waals surface area contributed by atoms with Crippen LogP contribution in [0.15, 0.2) is 22.8 Å². The first-order valence-electron chi connectivity index (χ1n) is 13.9. The van der Waals surface area contributed by atoms with Gasteiger partial charge >= 0.3 is 19.2 Å². The molecule has 3 fully saturated rings. The molecule has 1 saturated carbocycles. The van der Waals surface area contributed by atoms with E-state index >= 15 is 0 Å². The van der Waals surface area contributed by atoms with Crippen LogP contribution in [0.4, 0.5) is 26.7 Å². The highest BCUT2D eigenvalue weighted by atomic mass is 19.4. The number of H-pyrrole nitrogens is 1. The number of amides is 3. The summed E-state index contributed by atoms with van der Waals surface area (Å²) >= 11 is 0. The quantitative estimate of drug-likeness (QED) is 0.271. The highest BCUT2D eigenvalue weighted by Crippen LogP contribution is 2.54. The van der Waals surface area contributed by atoms with Gasteiger partial charge in [0, 0.05) is 20.0 Å². The Morgan fingerprint density at radius 3 is 2.50 bits per heavy atom. The Balaban J connectivity index is 0.000000280. The lowest BCUT2D eigenvalue weighted by Crippen LogP contribution is -2.58. The average molecular weight is 623 g/mol. The summed E-state index contributed by atoms with van der Waals surface area (Å²) in [6.45, 7) is 0.778. The molecule has 1 aliphatic carbocycles. The van der Waals surface area contributed by atoms with Crippen molar-refractivity contribution in [1.82, 2.24) is 35.8 Å². The normalized spacial score (nSPS) is 22.2. The van der Waals surface area contributed by atoms with Crippen LogP contribution >= 0.6 is 0 Å². The molecular weight excluding hydrogens is 591 g/mol. The molecule has 3 aliphatic rings. The van der Waals surface area contributed by atoms with Gasteiger partial charge in [-0.2, -0.15) is 13.2 Å². The smallest absolute Gasteiger partial charge is 0.366 e. The molecule has 0 bridgehead atoms. The van der Waals surface area contributed by atoms with Gasteiger partial charge in [0.1, 0.15) is 19.4 Å². The lowest BCUT2D eigenvalue weighted by atomic mass is 9.73. The molecular formula is C26H32B2F5N7O4. The van der Waals surface area contributed by atoms with Crippen molar-refractivity contribution in [3.8, 4) is 0 Å². The van der Waals surface area contributed by atoms with Gasteiger partial charge < -0.3 is 29.6 Å². The number of aromatic nitrogens is 4. The minimum atomic E-state index is -4.49. The number of ether oxygens (including phenoxy) is 1. The average Bonchev–Trinajstić information content (AvgIpc) is 3.81. The Morgan fingerprint density at radius 1 is 1.25 bits per heavy atom. The zero-order valence-electron chi connectivity index (χ0n) is 24.6. The predicted molar refractivity (Wildman–Crippen MR) is 150 cm³/mol. The van der Waals surface area contributed by atoms with E-state index in [9.17, 15) is 31.5 Å². The zero-order chi connectivity index (χ0) is 32.5. The number of fused-ring (bicyclic) bond motifs is 2. The van der Waals surface area contributed by atoms with Crippen molar-refractivity contribution >= 4 is 37.8 Å². The summed E-state index contributed by atoms with van der Waals surface area (Å²) in [5.74, 6) is 0.142. The summed E-state index contributed by atoms with van der Waals surface area (Å²) in [6, 6.07) is 4.26. The number of aryl methyl sites for hydroxylation is 1. The second-order valence-electron chi connectivity index (χ2n) is 11.3. The van der Waals surface area contributed by atoms with Gasteiger partial charge in [-0.3, -0.25) is 4.79 Å². The van der Waals surface area contributed by atoms with Crippen LogP contribution in [0.25, 0.3) is 11.0 Å². The number of hydrogen-bond donors (Lipinski definition) is 3. The monoisotopic (exact) mass is 623 g/mol. The molecule has 2 aliphatic heterocycles. The van der Waals surface area contributed by atoms with Crippen molar-refractivity contribution in [2.75, 3.05) is 20.2 Å². The maximum Gasteiger partial charge on any atom is 0.416 e. The van der Waals surface area contributed by atoms with E-state index < -0.39 is 42.2 Å². The van der Waals surface area contributed by atoms with Crippen LogP contribution in [-0.4, -0.2) is 94.8 Å². The molecule has 2 atom stereocenters. The number of hydrogen-bond acceptors (Lipinski definition) is 7. The molecule has 1 aromatic carbocycles. The summed E-state index contributed by atoms with van der Waals surface area (Å²) in [7, 11) is 7.37. The molecule has 18 heteroatoms. The Morgan fingerprint density at radius 2 is 1.93 bits per heavy atom. The summed E-state index contributed by atoms with van der Waals surface area (Å²) < 4.78 is 76.4. The predicted octanol–water partition coefficient (Wildman–Crippen LogP) is 3.52. The van der Waals surface area contributed by atoms with Crippen molar-refractivity contribution in [3.63, 3.8) is 0 Å². The third-order valence-electron chi connectivity index (χ3n) is 7.43. The SMILES string of the molecule is C1CC1.CNC(=O)c1nonc1C.[B]C12B(F)C1(F)CNC(=O)N2Cc1ccc2nc(CCOC(C)(C)C(F)(F)F)[nH]c2c1. The van der Waals surface area contributed by atoms with Crippen LogP contribution in [-0.2, 0) is 17.7 Å². The first kappa shape index (κ1) is 33.2. The van der Waals surface area contributed by atoms with Gasteiger partial charge in [-0.1, -0.05) is 30.5 Å². The summed E-state index contributed by atoms with van der Waals surface area (Å²) in [4.78, 5) is 31.2. The molecule has 2 saturated heterocycles. The number of nitrogens with zero attached hydrogens (tertiary/aromatic N) is 4. The standard InChI is InChI=1S/C18H19B2F5N4O2.C5H7N3O2.C3H6/c1-15(2,18(22,23)24)31-6-5-13-27-11-4-3-10(7-12(11)28-13)8-29-14(30)26-9-16(21)17(29,19)20(16)25;1-3-4(5(9)6-2)8-10-7-3;1-2-3-1/h3-4,7H,5-6,8-9H2,1-2H3,(H,26,30)(H,27,28);1-2H3,(H,6,9);1-3H2. The van der Waals surface area contributed by atoms with Gasteiger partial charge in [0.15, 0.2) is 16.9 Å². The summed E-state index contributed by atoms with van der Waals surface area (Å²) in [5.41, 5.74) is -2.19. The maximum absolute atomic E-state index is 14.5. The fourth-order valence-electron chi connectivity index (χ4n) is 4.27. The van der Waals surface area contributed by atoms with E-state index in [2.05, 4.69) is 35.5 Å². The van der Waals surface area contributed by atoms with E-state index in [0.717, 1.165) is 18.7 Å². The number of carbonyl (C=O) groups is 2. The van der Waals surface area contributed by atoms with Crippen molar-refractivity contribution in [2.24, 2.45) is 0 Å².